The van der Waals surface area contributed by atoms with Crippen LogP contribution in [0, 0.1) is 28.1 Å². The summed E-state index contributed by atoms with van der Waals surface area (Å²) in [5, 5.41) is 18.4. The summed E-state index contributed by atoms with van der Waals surface area (Å²) in [6.45, 7) is 5.81. The molecule has 1 aromatic rings. The molecular weight excluding hydrogens is 272 g/mol. The molecule has 22 heavy (non-hydrogen) atoms. The van der Waals surface area contributed by atoms with Gasteiger partial charge in [0.2, 0.25) is 0 Å². The predicted molar refractivity (Wildman–Crippen MR) is 88.1 cm³/mol. The zero-order chi connectivity index (χ0) is 16.2. The maximum atomic E-state index is 9.22. The van der Waals surface area contributed by atoms with Gasteiger partial charge >= 0.3 is 0 Å². The molecule has 108 valence electrons. The van der Waals surface area contributed by atoms with Crippen LogP contribution in [0.4, 0.5) is 0 Å². The number of hydrogen-bond acceptors (Lipinski definition) is 4. The molecule has 4 heteroatoms. The van der Waals surface area contributed by atoms with E-state index in [0.717, 1.165) is 11.3 Å². The largest absolute Gasteiger partial charge is 0.243 e. The molecule has 4 nitrogen and oxygen atoms in total. The molecule has 1 aromatic carbocycles. The molecule has 0 atom stereocenters. The van der Waals surface area contributed by atoms with Crippen LogP contribution in [0.3, 0.4) is 0 Å². The Morgan fingerprint density at radius 3 is 2.14 bits per heavy atom. The van der Waals surface area contributed by atoms with Gasteiger partial charge in [0.25, 0.3) is 0 Å². The van der Waals surface area contributed by atoms with Crippen molar-refractivity contribution in [1.29, 1.82) is 10.5 Å². The summed E-state index contributed by atoms with van der Waals surface area (Å²) >= 11 is 0. The fourth-order valence-corrected chi connectivity index (χ4v) is 2.00. The van der Waals surface area contributed by atoms with Gasteiger partial charge in [-0.3, -0.25) is 0 Å². The van der Waals surface area contributed by atoms with Gasteiger partial charge in [-0.05, 0) is 32.4 Å². The SMILES string of the molecule is CC1=NC(C#N)=C(C#N)N=C(/C=C/c2ccccc2)C1(C)C. The van der Waals surface area contributed by atoms with E-state index >= 15 is 0 Å². The van der Waals surface area contributed by atoms with Crippen LogP contribution in [0.2, 0.25) is 0 Å². The molecule has 0 radical (unpaired) electrons. The molecule has 0 bridgehead atoms. The molecule has 0 N–H and O–H groups in total. The van der Waals surface area contributed by atoms with Crippen LogP contribution >= 0.6 is 0 Å². The Kier molecular flexibility index (Phi) is 4.34. The Morgan fingerprint density at radius 2 is 1.55 bits per heavy atom. The summed E-state index contributed by atoms with van der Waals surface area (Å²) in [4.78, 5) is 8.64. The Labute approximate surface area is 130 Å². The highest BCUT2D eigenvalue weighted by Crippen LogP contribution is 2.27. The Morgan fingerprint density at radius 1 is 0.955 bits per heavy atom. The molecule has 2 rings (SSSR count). The lowest BCUT2D eigenvalue weighted by Gasteiger charge is -2.23. The van der Waals surface area contributed by atoms with E-state index in [9.17, 15) is 5.26 Å². The summed E-state index contributed by atoms with van der Waals surface area (Å²) < 4.78 is 0. The molecule has 0 saturated heterocycles. The number of allylic oxidation sites excluding steroid dienone is 3. The first kappa shape index (κ1) is 15.4. The van der Waals surface area contributed by atoms with Crippen LogP contribution in [0.25, 0.3) is 6.08 Å². The van der Waals surface area contributed by atoms with Crippen molar-refractivity contribution in [1.82, 2.24) is 0 Å². The molecule has 0 aromatic heterocycles. The Bertz CT molecular complexity index is 779. The molecular formula is C18H16N4. The van der Waals surface area contributed by atoms with Gasteiger partial charge in [-0.15, -0.1) is 0 Å². The number of nitrogens with zero attached hydrogens (tertiary/aromatic N) is 4. The van der Waals surface area contributed by atoms with Crippen molar-refractivity contribution in [2.45, 2.75) is 20.8 Å². The maximum absolute atomic E-state index is 9.22. The molecule has 1 aliphatic heterocycles. The van der Waals surface area contributed by atoms with Crippen molar-refractivity contribution in [2.75, 3.05) is 0 Å². The van der Waals surface area contributed by atoms with E-state index in [4.69, 9.17) is 5.26 Å². The smallest absolute Gasteiger partial charge is 0.177 e. The quantitative estimate of drug-likeness (QED) is 0.827. The zero-order valence-corrected chi connectivity index (χ0v) is 12.8. The first-order valence-electron chi connectivity index (χ1n) is 6.91. The average molecular weight is 288 g/mol. The second-order valence-electron chi connectivity index (χ2n) is 5.48. The third kappa shape index (κ3) is 3.02. The molecule has 0 aliphatic carbocycles. The van der Waals surface area contributed by atoms with Crippen LogP contribution in [0.5, 0.6) is 0 Å². The zero-order valence-electron chi connectivity index (χ0n) is 12.8. The second-order valence-corrected chi connectivity index (χ2v) is 5.48. The maximum Gasteiger partial charge on any atom is 0.177 e. The molecule has 0 fully saturated rings. The Hall–Kier alpha value is -2.98. The fraction of sp³-hybridized carbons (Fsp3) is 0.222. The van der Waals surface area contributed by atoms with E-state index in [1.807, 2.05) is 75.4 Å². The van der Waals surface area contributed by atoms with Gasteiger partial charge in [-0.25, -0.2) is 9.98 Å². The monoisotopic (exact) mass is 288 g/mol. The van der Waals surface area contributed by atoms with Gasteiger partial charge in [0.15, 0.2) is 11.4 Å². The summed E-state index contributed by atoms with van der Waals surface area (Å²) in [5.41, 5.74) is 2.18. The minimum Gasteiger partial charge on any atom is -0.243 e. The van der Waals surface area contributed by atoms with E-state index in [2.05, 4.69) is 9.98 Å². The fourth-order valence-electron chi connectivity index (χ4n) is 2.00. The van der Waals surface area contributed by atoms with Crippen molar-refractivity contribution in [3.05, 3.63) is 53.4 Å². The van der Waals surface area contributed by atoms with Crippen molar-refractivity contribution in [2.24, 2.45) is 15.4 Å². The van der Waals surface area contributed by atoms with Gasteiger partial charge in [0, 0.05) is 11.1 Å². The van der Waals surface area contributed by atoms with Crippen LogP contribution in [0.1, 0.15) is 26.3 Å². The van der Waals surface area contributed by atoms with Crippen molar-refractivity contribution < 1.29 is 0 Å². The third-order valence-corrected chi connectivity index (χ3v) is 3.73. The van der Waals surface area contributed by atoms with Crippen LogP contribution < -0.4 is 0 Å². The standard InChI is InChI=1S/C18H16N4/c1-13-18(2,3)17(10-9-14-7-5-4-6-8-14)22-16(12-20)15(11-19)21-13/h4-10H,1-3H3/b10-9+. The molecule has 0 saturated carbocycles. The van der Waals surface area contributed by atoms with E-state index in [1.165, 1.54) is 0 Å². The van der Waals surface area contributed by atoms with Crippen LogP contribution in [-0.2, 0) is 0 Å². The van der Waals surface area contributed by atoms with Gasteiger partial charge in [-0.2, -0.15) is 10.5 Å². The summed E-state index contributed by atoms with van der Waals surface area (Å²) in [5.74, 6) is 0. The summed E-state index contributed by atoms with van der Waals surface area (Å²) in [6.07, 6.45) is 3.83. The molecule has 0 amide bonds. The van der Waals surface area contributed by atoms with E-state index in [-0.39, 0.29) is 11.4 Å². The second kappa shape index (κ2) is 6.20. The highest BCUT2D eigenvalue weighted by Gasteiger charge is 2.30. The number of benzene rings is 1. The lowest BCUT2D eigenvalue weighted by Crippen LogP contribution is -2.30. The van der Waals surface area contributed by atoms with E-state index < -0.39 is 5.41 Å². The number of hydrogen-bond donors (Lipinski definition) is 0. The van der Waals surface area contributed by atoms with Gasteiger partial charge in [-0.1, -0.05) is 36.4 Å². The lowest BCUT2D eigenvalue weighted by atomic mass is 9.82. The summed E-state index contributed by atoms with van der Waals surface area (Å²) in [7, 11) is 0. The lowest BCUT2D eigenvalue weighted by molar-refractivity contribution is 0.728. The normalized spacial score (nSPS) is 17.3. The van der Waals surface area contributed by atoms with Crippen molar-refractivity contribution in [3.63, 3.8) is 0 Å². The Balaban J connectivity index is 2.53. The first-order valence-corrected chi connectivity index (χ1v) is 6.91. The number of nitriles is 2. The topological polar surface area (TPSA) is 72.3 Å². The van der Waals surface area contributed by atoms with Crippen LogP contribution in [0.15, 0.2) is 57.8 Å². The average Bonchev–Trinajstić information content (AvgIpc) is 2.62. The first-order chi connectivity index (χ1) is 10.5. The molecule has 0 unspecified atom stereocenters. The van der Waals surface area contributed by atoms with Gasteiger partial charge in [0.05, 0.1) is 5.71 Å². The predicted octanol–water partition coefficient (Wildman–Crippen LogP) is 3.90. The van der Waals surface area contributed by atoms with Crippen molar-refractivity contribution in [3.8, 4) is 12.1 Å². The van der Waals surface area contributed by atoms with E-state index in [1.54, 1.807) is 0 Å². The highest BCUT2D eigenvalue weighted by atomic mass is 14.9. The molecule has 1 aliphatic rings. The minimum absolute atomic E-state index is 0.0557. The highest BCUT2D eigenvalue weighted by molar-refractivity contribution is 6.17. The van der Waals surface area contributed by atoms with Gasteiger partial charge < -0.3 is 0 Å². The molecule has 1 heterocycles. The minimum atomic E-state index is -0.452. The van der Waals surface area contributed by atoms with Crippen molar-refractivity contribution >= 4 is 17.5 Å². The molecule has 0 spiro atoms. The van der Waals surface area contributed by atoms with Crippen LogP contribution in [-0.4, -0.2) is 11.4 Å². The summed E-state index contributed by atoms with van der Waals surface area (Å²) in [6, 6.07) is 13.8. The number of aliphatic imine (C=N–C) groups is 2. The number of rotatable bonds is 2. The third-order valence-electron chi connectivity index (χ3n) is 3.73. The van der Waals surface area contributed by atoms with Gasteiger partial charge in [0.1, 0.15) is 12.1 Å². The van der Waals surface area contributed by atoms with E-state index in [0.29, 0.717) is 5.71 Å².